The molecular formula is C29H20Cl2N2O7. The molecule has 1 aromatic heterocycles. The lowest BCUT2D eigenvalue weighted by atomic mass is 9.85. The molecule has 1 aliphatic heterocycles. The van der Waals surface area contributed by atoms with E-state index in [9.17, 15) is 24.0 Å². The Labute approximate surface area is 237 Å². The average Bonchev–Trinajstić information content (AvgIpc) is 3.75. The number of hydrogen-bond donors (Lipinski definition) is 0. The molecule has 11 heteroatoms. The van der Waals surface area contributed by atoms with Crippen molar-refractivity contribution in [3.05, 3.63) is 99.9 Å². The fraction of sp³-hybridized carbons (Fsp3) is 0.207. The van der Waals surface area contributed by atoms with Crippen LogP contribution < -0.4 is 4.74 Å². The monoisotopic (exact) mass is 578 g/mol. The Kier molecular flexibility index (Phi) is 6.56. The SMILES string of the molecule is O=C(CN(C(=O)c1ccc(Cl)c(Cl)c1)N1C(=O)[C@H]2[C@H](C1=O)[C@H]1C=C[C@H]2C1)c1ccc(OC(=O)c2ccco2)cc1. The van der Waals surface area contributed by atoms with Crippen LogP contribution in [-0.4, -0.2) is 46.0 Å². The van der Waals surface area contributed by atoms with Gasteiger partial charge in [-0.25, -0.2) is 9.80 Å². The molecule has 202 valence electrons. The molecule has 1 saturated heterocycles. The Morgan fingerprint density at radius 2 is 1.55 bits per heavy atom. The predicted molar refractivity (Wildman–Crippen MR) is 142 cm³/mol. The molecule has 6 rings (SSSR count). The third-order valence-corrected chi connectivity index (χ3v) is 8.23. The van der Waals surface area contributed by atoms with Crippen molar-refractivity contribution in [3.63, 3.8) is 0 Å². The number of carbonyl (C=O) groups excluding carboxylic acids is 5. The number of nitrogens with zero attached hydrogens (tertiary/aromatic N) is 2. The summed E-state index contributed by atoms with van der Waals surface area (Å²) in [5, 5.41) is 2.04. The van der Waals surface area contributed by atoms with Gasteiger partial charge in [-0.15, -0.1) is 0 Å². The van der Waals surface area contributed by atoms with Crippen LogP contribution >= 0.6 is 23.2 Å². The summed E-state index contributed by atoms with van der Waals surface area (Å²) in [6.45, 7) is -0.593. The van der Waals surface area contributed by atoms with E-state index in [0.29, 0.717) is 0 Å². The smallest absolute Gasteiger partial charge is 0.379 e. The number of imide groups is 1. The number of benzene rings is 2. The number of ketones is 1. The molecule has 0 unspecified atom stereocenters. The van der Waals surface area contributed by atoms with Gasteiger partial charge in [0.05, 0.1) is 28.1 Å². The largest absolute Gasteiger partial charge is 0.457 e. The van der Waals surface area contributed by atoms with Gasteiger partial charge in [-0.2, -0.15) is 5.01 Å². The Morgan fingerprint density at radius 1 is 0.900 bits per heavy atom. The van der Waals surface area contributed by atoms with Crippen molar-refractivity contribution >= 4 is 52.7 Å². The van der Waals surface area contributed by atoms with Crippen LogP contribution in [-0.2, 0) is 9.59 Å². The van der Waals surface area contributed by atoms with E-state index in [2.05, 4.69) is 0 Å². The van der Waals surface area contributed by atoms with Crippen molar-refractivity contribution in [3.8, 4) is 5.75 Å². The summed E-state index contributed by atoms with van der Waals surface area (Å²) in [4.78, 5) is 66.2. The van der Waals surface area contributed by atoms with Crippen LogP contribution in [0.1, 0.15) is 37.7 Å². The van der Waals surface area contributed by atoms with Crippen LogP contribution in [0.2, 0.25) is 10.0 Å². The molecular weight excluding hydrogens is 559 g/mol. The summed E-state index contributed by atoms with van der Waals surface area (Å²) in [6.07, 6.45) is 5.94. The van der Waals surface area contributed by atoms with Crippen LogP contribution in [0.25, 0.3) is 0 Å². The first kappa shape index (κ1) is 26.0. The normalized spacial score (nSPS) is 22.5. The maximum atomic E-state index is 13.7. The molecule has 2 heterocycles. The van der Waals surface area contributed by atoms with Gasteiger partial charge in [0.2, 0.25) is 5.76 Å². The molecule has 0 spiro atoms. The zero-order valence-electron chi connectivity index (χ0n) is 20.7. The Morgan fingerprint density at radius 3 is 2.15 bits per heavy atom. The quantitative estimate of drug-likeness (QED) is 0.129. The van der Waals surface area contributed by atoms with Crippen molar-refractivity contribution in [1.29, 1.82) is 0 Å². The number of carbonyl (C=O) groups is 5. The highest BCUT2D eigenvalue weighted by molar-refractivity contribution is 6.42. The Bertz CT molecular complexity index is 1550. The van der Waals surface area contributed by atoms with E-state index in [-0.39, 0.29) is 44.5 Å². The topological polar surface area (TPSA) is 114 Å². The number of amides is 3. The van der Waals surface area contributed by atoms with Crippen molar-refractivity contribution in [2.45, 2.75) is 6.42 Å². The van der Waals surface area contributed by atoms with Crippen LogP contribution in [0, 0.1) is 23.7 Å². The van der Waals surface area contributed by atoms with E-state index in [4.69, 9.17) is 32.4 Å². The summed E-state index contributed by atoms with van der Waals surface area (Å²) < 4.78 is 10.2. The van der Waals surface area contributed by atoms with E-state index >= 15 is 0 Å². The predicted octanol–water partition coefficient (Wildman–Crippen LogP) is 4.85. The van der Waals surface area contributed by atoms with Crippen molar-refractivity contribution in [2.24, 2.45) is 23.7 Å². The third kappa shape index (κ3) is 4.41. The molecule has 1 saturated carbocycles. The van der Waals surface area contributed by atoms with Gasteiger partial charge in [0.25, 0.3) is 17.7 Å². The van der Waals surface area contributed by atoms with Gasteiger partial charge in [0, 0.05) is 11.1 Å². The zero-order chi connectivity index (χ0) is 28.1. The molecule has 2 fully saturated rings. The number of allylic oxidation sites excluding steroid dienone is 2. The first-order valence-electron chi connectivity index (χ1n) is 12.4. The number of hydrogen-bond acceptors (Lipinski definition) is 7. The standard InChI is InChI=1S/C29H20Cl2N2O7/c30-20-10-7-18(13-21(20)31)26(35)32(33-27(36)24-16-3-4-17(12-16)25(24)28(33)37)14-22(34)15-5-8-19(9-6-15)40-29(38)23-2-1-11-39-23/h1-11,13,16-17,24-25H,12,14H2/t16-,17-,24+,25+/m0/s1. The first-order valence-corrected chi connectivity index (χ1v) is 13.2. The summed E-state index contributed by atoms with van der Waals surface area (Å²) in [6, 6.07) is 12.8. The lowest BCUT2D eigenvalue weighted by Gasteiger charge is -2.31. The Balaban J connectivity index is 1.26. The van der Waals surface area contributed by atoms with Crippen LogP contribution in [0.15, 0.2) is 77.4 Å². The Hall–Kier alpha value is -4.21. The highest BCUT2D eigenvalue weighted by Crippen LogP contribution is 2.52. The number of hydrazine groups is 1. The maximum absolute atomic E-state index is 13.7. The van der Waals surface area contributed by atoms with Gasteiger partial charge in [-0.05, 0) is 72.9 Å². The number of fused-ring (bicyclic) bond motifs is 5. The maximum Gasteiger partial charge on any atom is 0.379 e. The first-order chi connectivity index (χ1) is 19.2. The average molecular weight is 579 g/mol. The van der Waals surface area contributed by atoms with Crippen LogP contribution in [0.5, 0.6) is 5.75 Å². The minimum Gasteiger partial charge on any atom is -0.457 e. The number of rotatable bonds is 7. The zero-order valence-corrected chi connectivity index (χ0v) is 22.2. The molecule has 0 radical (unpaired) electrons. The summed E-state index contributed by atoms with van der Waals surface area (Å²) in [7, 11) is 0. The van der Waals surface area contributed by atoms with Crippen LogP contribution in [0.4, 0.5) is 0 Å². The molecule has 0 N–H and O–H groups in total. The minimum atomic E-state index is -0.752. The lowest BCUT2D eigenvalue weighted by molar-refractivity contribution is -0.154. The molecule has 3 aromatic rings. The number of esters is 1. The summed E-state index contributed by atoms with van der Waals surface area (Å²) >= 11 is 12.1. The second kappa shape index (κ2) is 10.1. The molecule has 2 aliphatic carbocycles. The summed E-state index contributed by atoms with van der Waals surface area (Å²) in [5.74, 6) is -4.11. The third-order valence-electron chi connectivity index (χ3n) is 7.49. The fourth-order valence-corrected chi connectivity index (χ4v) is 5.92. The fourth-order valence-electron chi connectivity index (χ4n) is 5.62. The van der Waals surface area contributed by atoms with Gasteiger partial charge in [0.15, 0.2) is 5.78 Å². The molecule has 2 bridgehead atoms. The number of ether oxygens (including phenoxy) is 1. The number of Topliss-reactive ketones (excluding diaryl/α,β-unsaturated/α-hetero) is 1. The van der Waals surface area contributed by atoms with E-state index in [1.807, 2.05) is 12.2 Å². The minimum absolute atomic E-state index is 0.0185. The molecule has 40 heavy (non-hydrogen) atoms. The van der Waals surface area contributed by atoms with E-state index < -0.39 is 47.9 Å². The highest BCUT2D eigenvalue weighted by atomic mass is 35.5. The second-order valence-electron chi connectivity index (χ2n) is 9.79. The summed E-state index contributed by atoms with van der Waals surface area (Å²) in [5.41, 5.74) is 0.229. The van der Waals surface area contributed by atoms with Gasteiger partial charge in [-0.1, -0.05) is 35.4 Å². The van der Waals surface area contributed by atoms with E-state index in [0.717, 1.165) is 16.4 Å². The van der Waals surface area contributed by atoms with E-state index in [1.54, 1.807) is 6.07 Å². The van der Waals surface area contributed by atoms with Crippen molar-refractivity contribution < 1.29 is 33.1 Å². The van der Waals surface area contributed by atoms with Crippen molar-refractivity contribution in [1.82, 2.24) is 10.0 Å². The molecule has 2 aromatic carbocycles. The number of furan rings is 1. The van der Waals surface area contributed by atoms with Gasteiger partial charge in [-0.3, -0.25) is 19.2 Å². The van der Waals surface area contributed by atoms with Gasteiger partial charge in [0.1, 0.15) is 12.3 Å². The molecule has 4 atom stereocenters. The lowest BCUT2D eigenvalue weighted by Crippen LogP contribution is -2.52. The molecule has 9 nitrogen and oxygen atoms in total. The highest BCUT2D eigenvalue weighted by Gasteiger charge is 2.61. The van der Waals surface area contributed by atoms with Crippen molar-refractivity contribution in [2.75, 3.05) is 6.54 Å². The van der Waals surface area contributed by atoms with Crippen LogP contribution in [0.3, 0.4) is 0 Å². The van der Waals surface area contributed by atoms with Gasteiger partial charge < -0.3 is 9.15 Å². The molecule has 3 amide bonds. The van der Waals surface area contributed by atoms with E-state index in [1.165, 1.54) is 54.8 Å². The number of halogens is 2. The second-order valence-corrected chi connectivity index (χ2v) is 10.6. The van der Waals surface area contributed by atoms with Gasteiger partial charge >= 0.3 is 5.97 Å². The molecule has 3 aliphatic rings.